The van der Waals surface area contributed by atoms with Gasteiger partial charge in [0.25, 0.3) is 0 Å². The summed E-state index contributed by atoms with van der Waals surface area (Å²) in [7, 11) is 2.21. The van der Waals surface area contributed by atoms with Crippen LogP contribution in [0.1, 0.15) is 17.5 Å². The Kier molecular flexibility index (Phi) is 6.91. The number of rotatable bonds is 7. The number of halogens is 1. The highest BCUT2D eigenvalue weighted by atomic mass is 79.9. The molecule has 1 saturated heterocycles. The highest BCUT2D eigenvalue weighted by molar-refractivity contribution is 9.10. The van der Waals surface area contributed by atoms with Gasteiger partial charge in [-0.1, -0.05) is 40.2 Å². The predicted octanol–water partition coefficient (Wildman–Crippen LogP) is 4.21. The van der Waals surface area contributed by atoms with Crippen LogP contribution < -0.4 is 4.74 Å². The standard InChI is InChI=1S/C21H27BrN2O/c1-23-12-14-24(15-13-23)11-3-5-18-4-2-6-21(16-18)25-17-19-7-9-20(22)10-8-19/h2,4,6-10,16H,3,5,11-15,17H2,1H3. The molecule has 3 nitrogen and oxygen atoms in total. The first-order chi connectivity index (χ1) is 12.2. The molecule has 4 heteroatoms. The largest absolute Gasteiger partial charge is 0.489 e. The number of piperazine rings is 1. The molecule has 1 heterocycles. The minimum absolute atomic E-state index is 0.609. The van der Waals surface area contributed by atoms with E-state index in [4.69, 9.17) is 4.74 Å². The first-order valence-electron chi connectivity index (χ1n) is 9.06. The lowest BCUT2D eigenvalue weighted by atomic mass is 10.1. The Morgan fingerprint density at radius 2 is 1.72 bits per heavy atom. The predicted molar refractivity (Wildman–Crippen MR) is 107 cm³/mol. The molecule has 0 spiro atoms. The van der Waals surface area contributed by atoms with Crippen LogP contribution in [-0.4, -0.2) is 49.6 Å². The number of aryl methyl sites for hydroxylation is 1. The van der Waals surface area contributed by atoms with Crippen molar-refractivity contribution in [1.29, 1.82) is 0 Å². The number of likely N-dealkylation sites (N-methyl/N-ethyl adjacent to an activating group) is 1. The first-order valence-corrected chi connectivity index (χ1v) is 9.85. The maximum absolute atomic E-state index is 5.95. The van der Waals surface area contributed by atoms with Gasteiger partial charge in [-0.05, 0) is 61.8 Å². The molecular formula is C21H27BrN2O. The second kappa shape index (κ2) is 9.37. The van der Waals surface area contributed by atoms with Crippen LogP contribution in [0, 0.1) is 0 Å². The summed E-state index contributed by atoms with van der Waals surface area (Å²) in [6, 6.07) is 16.8. The Balaban J connectivity index is 1.43. The van der Waals surface area contributed by atoms with Gasteiger partial charge < -0.3 is 14.5 Å². The summed E-state index contributed by atoms with van der Waals surface area (Å²) in [6.45, 7) is 6.59. The molecule has 25 heavy (non-hydrogen) atoms. The molecule has 0 unspecified atom stereocenters. The van der Waals surface area contributed by atoms with Gasteiger partial charge >= 0.3 is 0 Å². The van der Waals surface area contributed by atoms with Crippen LogP contribution in [-0.2, 0) is 13.0 Å². The summed E-state index contributed by atoms with van der Waals surface area (Å²) >= 11 is 3.46. The van der Waals surface area contributed by atoms with E-state index >= 15 is 0 Å². The highest BCUT2D eigenvalue weighted by Crippen LogP contribution is 2.18. The molecule has 0 atom stereocenters. The van der Waals surface area contributed by atoms with E-state index in [1.165, 1.54) is 50.3 Å². The topological polar surface area (TPSA) is 15.7 Å². The molecule has 0 amide bonds. The van der Waals surface area contributed by atoms with Crippen molar-refractivity contribution < 1.29 is 4.74 Å². The van der Waals surface area contributed by atoms with Gasteiger partial charge in [-0.15, -0.1) is 0 Å². The van der Waals surface area contributed by atoms with Gasteiger partial charge in [-0.2, -0.15) is 0 Å². The summed E-state index contributed by atoms with van der Waals surface area (Å²) in [5, 5.41) is 0. The average Bonchev–Trinajstić information content (AvgIpc) is 2.63. The van der Waals surface area contributed by atoms with Crippen molar-refractivity contribution in [2.24, 2.45) is 0 Å². The maximum Gasteiger partial charge on any atom is 0.120 e. The van der Waals surface area contributed by atoms with E-state index < -0.39 is 0 Å². The Hall–Kier alpha value is -1.36. The monoisotopic (exact) mass is 402 g/mol. The maximum atomic E-state index is 5.95. The second-order valence-corrected chi connectivity index (χ2v) is 7.73. The molecule has 3 rings (SSSR count). The minimum Gasteiger partial charge on any atom is -0.489 e. The van der Waals surface area contributed by atoms with Gasteiger partial charge in [0.05, 0.1) is 0 Å². The van der Waals surface area contributed by atoms with E-state index in [-0.39, 0.29) is 0 Å². The van der Waals surface area contributed by atoms with Gasteiger partial charge in [-0.3, -0.25) is 0 Å². The van der Waals surface area contributed by atoms with Crippen molar-refractivity contribution in [3.63, 3.8) is 0 Å². The van der Waals surface area contributed by atoms with E-state index in [1.807, 2.05) is 18.2 Å². The van der Waals surface area contributed by atoms with Crippen LogP contribution in [0.3, 0.4) is 0 Å². The number of hydrogen-bond acceptors (Lipinski definition) is 3. The smallest absolute Gasteiger partial charge is 0.120 e. The average molecular weight is 403 g/mol. The molecule has 1 aliphatic heterocycles. The van der Waals surface area contributed by atoms with Gasteiger partial charge in [0.2, 0.25) is 0 Å². The molecule has 134 valence electrons. The zero-order valence-corrected chi connectivity index (χ0v) is 16.5. The van der Waals surface area contributed by atoms with Crippen LogP contribution in [0.15, 0.2) is 53.0 Å². The van der Waals surface area contributed by atoms with Crippen molar-refractivity contribution >= 4 is 15.9 Å². The quantitative estimate of drug-likeness (QED) is 0.689. The molecule has 0 bridgehead atoms. The third-order valence-corrected chi connectivity index (χ3v) is 5.28. The van der Waals surface area contributed by atoms with Crippen molar-refractivity contribution in [2.75, 3.05) is 39.8 Å². The Morgan fingerprint density at radius 1 is 0.960 bits per heavy atom. The van der Waals surface area contributed by atoms with Gasteiger partial charge in [-0.25, -0.2) is 0 Å². The summed E-state index contributed by atoms with van der Waals surface area (Å²) in [5.41, 5.74) is 2.55. The van der Waals surface area contributed by atoms with Crippen LogP contribution >= 0.6 is 15.9 Å². The first kappa shape index (κ1) is 18.4. The highest BCUT2D eigenvalue weighted by Gasteiger charge is 2.12. The van der Waals surface area contributed by atoms with Crippen LogP contribution in [0.2, 0.25) is 0 Å². The number of benzene rings is 2. The lowest BCUT2D eigenvalue weighted by Gasteiger charge is -2.32. The lowest BCUT2D eigenvalue weighted by Crippen LogP contribution is -2.44. The summed E-state index contributed by atoms with van der Waals surface area (Å²) < 4.78 is 7.05. The molecule has 0 saturated carbocycles. The van der Waals surface area contributed by atoms with Crippen molar-refractivity contribution in [2.45, 2.75) is 19.4 Å². The fourth-order valence-corrected chi connectivity index (χ4v) is 3.38. The molecule has 2 aromatic carbocycles. The van der Waals surface area contributed by atoms with Crippen LogP contribution in [0.5, 0.6) is 5.75 Å². The van der Waals surface area contributed by atoms with E-state index in [0.29, 0.717) is 6.61 Å². The second-order valence-electron chi connectivity index (χ2n) is 6.81. The summed E-state index contributed by atoms with van der Waals surface area (Å²) in [4.78, 5) is 4.98. The zero-order valence-electron chi connectivity index (χ0n) is 15.0. The Bertz CT molecular complexity index is 651. The molecule has 0 aromatic heterocycles. The molecule has 0 aliphatic carbocycles. The normalized spacial score (nSPS) is 16.1. The third kappa shape index (κ3) is 6.14. The summed E-state index contributed by atoms with van der Waals surface area (Å²) in [5.74, 6) is 0.958. The van der Waals surface area contributed by atoms with Gasteiger partial charge in [0.1, 0.15) is 12.4 Å². The lowest BCUT2D eigenvalue weighted by molar-refractivity contribution is 0.153. The zero-order chi connectivity index (χ0) is 17.5. The van der Waals surface area contributed by atoms with Crippen LogP contribution in [0.25, 0.3) is 0 Å². The van der Waals surface area contributed by atoms with Crippen molar-refractivity contribution in [3.05, 3.63) is 64.1 Å². The Morgan fingerprint density at radius 3 is 2.48 bits per heavy atom. The summed E-state index contributed by atoms with van der Waals surface area (Å²) in [6.07, 6.45) is 2.32. The fourth-order valence-electron chi connectivity index (χ4n) is 3.12. The van der Waals surface area contributed by atoms with Crippen molar-refractivity contribution in [1.82, 2.24) is 9.80 Å². The van der Waals surface area contributed by atoms with E-state index in [0.717, 1.165) is 16.6 Å². The third-order valence-electron chi connectivity index (χ3n) is 4.75. The molecule has 0 N–H and O–H groups in total. The van der Waals surface area contributed by atoms with Crippen molar-refractivity contribution in [3.8, 4) is 5.75 Å². The van der Waals surface area contributed by atoms with E-state index in [2.05, 4.69) is 63.1 Å². The number of nitrogens with zero attached hydrogens (tertiary/aromatic N) is 2. The minimum atomic E-state index is 0.609. The SMILES string of the molecule is CN1CCN(CCCc2cccc(OCc3ccc(Br)cc3)c2)CC1. The van der Waals surface area contributed by atoms with Gasteiger partial charge in [0, 0.05) is 30.7 Å². The Labute approximate surface area is 159 Å². The van der Waals surface area contributed by atoms with E-state index in [1.54, 1.807) is 0 Å². The van der Waals surface area contributed by atoms with Gasteiger partial charge in [0.15, 0.2) is 0 Å². The fraction of sp³-hybridized carbons (Fsp3) is 0.429. The van der Waals surface area contributed by atoms with Crippen LogP contribution in [0.4, 0.5) is 0 Å². The number of ether oxygens (including phenoxy) is 1. The molecule has 0 radical (unpaired) electrons. The number of hydrogen-bond donors (Lipinski definition) is 0. The van der Waals surface area contributed by atoms with E-state index in [9.17, 15) is 0 Å². The molecule has 1 fully saturated rings. The molecule has 2 aromatic rings. The molecule has 1 aliphatic rings. The molecular weight excluding hydrogens is 376 g/mol.